The van der Waals surface area contributed by atoms with Crippen LogP contribution in [-0.4, -0.2) is 28.9 Å². The molecule has 2 N–H and O–H groups in total. The highest BCUT2D eigenvalue weighted by atomic mass is 16.2. The summed E-state index contributed by atoms with van der Waals surface area (Å²) in [6.07, 6.45) is 6.28. The van der Waals surface area contributed by atoms with E-state index in [1.807, 2.05) is 19.1 Å². The van der Waals surface area contributed by atoms with Crippen molar-refractivity contribution in [3.8, 4) is 0 Å². The molecule has 1 aromatic heterocycles. The molecule has 0 spiro atoms. The lowest BCUT2D eigenvalue weighted by Gasteiger charge is -2.27. The lowest BCUT2D eigenvalue weighted by Crippen LogP contribution is -2.42. The molecule has 0 saturated heterocycles. The Kier molecular flexibility index (Phi) is 5.78. The Morgan fingerprint density at radius 1 is 1.44 bits per heavy atom. The summed E-state index contributed by atoms with van der Waals surface area (Å²) >= 11 is 0. The standard InChI is InChI=1S/C14H23N3O/c1-4-5-6-13(15)14(18)17(3)11(2)12-7-9-16-10-8-12/h7-11,13H,4-6,15H2,1-3H3/t11?,13-/m0/s1. The maximum absolute atomic E-state index is 12.1. The lowest BCUT2D eigenvalue weighted by molar-refractivity contribution is -0.133. The first-order valence-corrected chi connectivity index (χ1v) is 6.50. The van der Waals surface area contributed by atoms with Crippen LogP contribution in [0.4, 0.5) is 0 Å². The third-order valence-electron chi connectivity index (χ3n) is 3.30. The Labute approximate surface area is 109 Å². The fourth-order valence-corrected chi connectivity index (χ4v) is 1.87. The van der Waals surface area contributed by atoms with Crippen molar-refractivity contribution in [3.05, 3.63) is 30.1 Å². The number of aromatic nitrogens is 1. The van der Waals surface area contributed by atoms with Gasteiger partial charge in [-0.15, -0.1) is 0 Å². The van der Waals surface area contributed by atoms with E-state index in [0.717, 1.165) is 24.8 Å². The molecule has 1 heterocycles. The number of unbranched alkanes of at least 4 members (excludes halogenated alkanes) is 1. The lowest BCUT2D eigenvalue weighted by atomic mass is 10.1. The van der Waals surface area contributed by atoms with Crippen molar-refractivity contribution in [1.29, 1.82) is 0 Å². The topological polar surface area (TPSA) is 59.2 Å². The van der Waals surface area contributed by atoms with Crippen LogP contribution >= 0.6 is 0 Å². The van der Waals surface area contributed by atoms with E-state index in [1.165, 1.54) is 0 Å². The Hall–Kier alpha value is -1.42. The van der Waals surface area contributed by atoms with Gasteiger partial charge in [0.2, 0.25) is 5.91 Å². The second-order valence-electron chi connectivity index (χ2n) is 4.65. The van der Waals surface area contributed by atoms with Crippen LogP contribution in [0, 0.1) is 0 Å². The normalized spacial score (nSPS) is 14.0. The monoisotopic (exact) mass is 249 g/mol. The molecule has 18 heavy (non-hydrogen) atoms. The molecule has 0 saturated carbocycles. The van der Waals surface area contributed by atoms with E-state index >= 15 is 0 Å². The van der Waals surface area contributed by atoms with Crippen LogP contribution in [0.2, 0.25) is 0 Å². The number of likely N-dealkylation sites (N-methyl/N-ethyl adjacent to an activating group) is 1. The van der Waals surface area contributed by atoms with E-state index < -0.39 is 0 Å². The van der Waals surface area contributed by atoms with Gasteiger partial charge in [0.1, 0.15) is 0 Å². The quantitative estimate of drug-likeness (QED) is 0.840. The van der Waals surface area contributed by atoms with E-state index in [2.05, 4.69) is 11.9 Å². The molecule has 1 aromatic rings. The number of hydrogen-bond acceptors (Lipinski definition) is 3. The van der Waals surface area contributed by atoms with Gasteiger partial charge in [-0.2, -0.15) is 0 Å². The molecule has 2 atom stereocenters. The van der Waals surface area contributed by atoms with E-state index in [9.17, 15) is 4.79 Å². The van der Waals surface area contributed by atoms with Gasteiger partial charge in [-0.05, 0) is 31.0 Å². The molecule has 100 valence electrons. The summed E-state index contributed by atoms with van der Waals surface area (Å²) in [4.78, 5) is 17.8. The molecule has 0 fully saturated rings. The molecule has 0 aliphatic heterocycles. The maximum Gasteiger partial charge on any atom is 0.239 e. The molecule has 0 radical (unpaired) electrons. The molecule has 0 bridgehead atoms. The van der Waals surface area contributed by atoms with Crippen LogP contribution in [-0.2, 0) is 4.79 Å². The Morgan fingerprint density at radius 3 is 2.61 bits per heavy atom. The highest BCUT2D eigenvalue weighted by Crippen LogP contribution is 2.18. The summed E-state index contributed by atoms with van der Waals surface area (Å²) in [5.74, 6) is 0.00719. The largest absolute Gasteiger partial charge is 0.338 e. The van der Waals surface area contributed by atoms with E-state index in [-0.39, 0.29) is 18.0 Å². The fraction of sp³-hybridized carbons (Fsp3) is 0.571. The summed E-state index contributed by atoms with van der Waals surface area (Å²) in [5, 5.41) is 0. The van der Waals surface area contributed by atoms with Crippen LogP contribution in [0.25, 0.3) is 0 Å². The highest BCUT2D eigenvalue weighted by molar-refractivity contribution is 5.81. The first kappa shape index (κ1) is 14.6. The van der Waals surface area contributed by atoms with Crippen molar-refractivity contribution in [2.45, 2.75) is 45.2 Å². The third-order valence-corrected chi connectivity index (χ3v) is 3.30. The Morgan fingerprint density at radius 2 is 2.06 bits per heavy atom. The van der Waals surface area contributed by atoms with E-state index in [0.29, 0.717) is 0 Å². The number of nitrogens with zero attached hydrogens (tertiary/aromatic N) is 2. The maximum atomic E-state index is 12.1. The van der Waals surface area contributed by atoms with Crippen molar-refractivity contribution in [2.24, 2.45) is 5.73 Å². The molecule has 1 unspecified atom stereocenters. The zero-order chi connectivity index (χ0) is 13.5. The van der Waals surface area contributed by atoms with Gasteiger partial charge in [0.15, 0.2) is 0 Å². The first-order valence-electron chi connectivity index (χ1n) is 6.50. The van der Waals surface area contributed by atoms with Gasteiger partial charge in [-0.3, -0.25) is 9.78 Å². The van der Waals surface area contributed by atoms with Gasteiger partial charge in [0, 0.05) is 19.4 Å². The van der Waals surface area contributed by atoms with Crippen LogP contribution in [0.15, 0.2) is 24.5 Å². The van der Waals surface area contributed by atoms with Gasteiger partial charge < -0.3 is 10.6 Å². The van der Waals surface area contributed by atoms with Gasteiger partial charge in [-0.25, -0.2) is 0 Å². The smallest absolute Gasteiger partial charge is 0.239 e. The SMILES string of the molecule is CCCC[C@H](N)C(=O)N(C)C(C)c1ccncc1. The van der Waals surface area contributed by atoms with E-state index in [1.54, 1.807) is 24.3 Å². The van der Waals surface area contributed by atoms with Crippen molar-refractivity contribution in [1.82, 2.24) is 9.88 Å². The minimum absolute atomic E-state index is 0.00719. The summed E-state index contributed by atoms with van der Waals surface area (Å²) in [6.45, 7) is 4.10. The molecule has 4 heteroatoms. The number of rotatable bonds is 6. The second kappa shape index (κ2) is 7.11. The minimum Gasteiger partial charge on any atom is -0.338 e. The summed E-state index contributed by atoms with van der Waals surface area (Å²) < 4.78 is 0. The zero-order valence-corrected chi connectivity index (χ0v) is 11.5. The van der Waals surface area contributed by atoms with Gasteiger partial charge in [-0.1, -0.05) is 19.8 Å². The van der Waals surface area contributed by atoms with Crippen LogP contribution in [0.5, 0.6) is 0 Å². The molecule has 1 rings (SSSR count). The molecular weight excluding hydrogens is 226 g/mol. The number of carbonyl (C=O) groups excluding carboxylic acids is 1. The van der Waals surface area contributed by atoms with Crippen molar-refractivity contribution in [3.63, 3.8) is 0 Å². The third kappa shape index (κ3) is 3.81. The van der Waals surface area contributed by atoms with Gasteiger partial charge in [0.25, 0.3) is 0 Å². The number of nitrogens with two attached hydrogens (primary N) is 1. The zero-order valence-electron chi connectivity index (χ0n) is 11.5. The Bertz CT molecular complexity index is 367. The second-order valence-corrected chi connectivity index (χ2v) is 4.65. The average Bonchev–Trinajstić information content (AvgIpc) is 2.43. The highest BCUT2D eigenvalue weighted by Gasteiger charge is 2.22. The first-order chi connectivity index (χ1) is 8.57. The van der Waals surface area contributed by atoms with E-state index in [4.69, 9.17) is 5.73 Å². The molecule has 4 nitrogen and oxygen atoms in total. The molecule has 0 aliphatic carbocycles. The number of amides is 1. The predicted molar refractivity (Wildman–Crippen MR) is 72.9 cm³/mol. The van der Waals surface area contributed by atoms with Crippen molar-refractivity contribution in [2.75, 3.05) is 7.05 Å². The van der Waals surface area contributed by atoms with Gasteiger partial charge in [0.05, 0.1) is 12.1 Å². The van der Waals surface area contributed by atoms with Crippen LogP contribution < -0.4 is 5.73 Å². The summed E-state index contributed by atoms with van der Waals surface area (Å²) in [6, 6.07) is 3.48. The average molecular weight is 249 g/mol. The van der Waals surface area contributed by atoms with Crippen molar-refractivity contribution < 1.29 is 4.79 Å². The predicted octanol–water partition coefficient (Wildman–Crippen LogP) is 2.12. The number of hydrogen-bond donors (Lipinski definition) is 1. The molecule has 0 aliphatic rings. The summed E-state index contributed by atoms with van der Waals surface area (Å²) in [7, 11) is 1.80. The minimum atomic E-state index is -0.390. The van der Waals surface area contributed by atoms with Gasteiger partial charge >= 0.3 is 0 Å². The van der Waals surface area contributed by atoms with Crippen molar-refractivity contribution >= 4 is 5.91 Å². The molecular formula is C14H23N3O. The van der Waals surface area contributed by atoms with Crippen LogP contribution in [0.3, 0.4) is 0 Å². The Balaban J connectivity index is 2.63. The molecule has 0 aromatic carbocycles. The summed E-state index contributed by atoms with van der Waals surface area (Å²) in [5.41, 5.74) is 6.99. The fourth-order valence-electron chi connectivity index (χ4n) is 1.87. The van der Waals surface area contributed by atoms with Crippen LogP contribution in [0.1, 0.15) is 44.7 Å². The molecule has 1 amide bonds. The number of pyridine rings is 1. The number of carbonyl (C=O) groups is 1.